The number of benzene rings is 1. The first-order chi connectivity index (χ1) is 11.4. The predicted octanol–water partition coefficient (Wildman–Crippen LogP) is 1.56. The number of nitrogens with one attached hydrogen (secondary N) is 2. The average Bonchev–Trinajstić information content (AvgIpc) is 2.92. The molecule has 1 aromatic carbocycles. The molecule has 0 aliphatic carbocycles. The van der Waals surface area contributed by atoms with E-state index in [1.165, 1.54) is 21.1 Å². The molecule has 2 aromatic rings. The molecular weight excluding hydrogens is 316 g/mol. The molecule has 0 saturated heterocycles. The summed E-state index contributed by atoms with van der Waals surface area (Å²) >= 11 is 0. The molecule has 8 nitrogen and oxygen atoms in total. The summed E-state index contributed by atoms with van der Waals surface area (Å²) in [4.78, 5) is 35.6. The Morgan fingerprint density at radius 2 is 2.00 bits per heavy atom. The maximum atomic E-state index is 12.2. The third-order valence-electron chi connectivity index (χ3n) is 3.58. The molecule has 2 rings (SSSR count). The number of hydrogen-bond acceptors (Lipinski definition) is 6. The van der Waals surface area contributed by atoms with Crippen molar-refractivity contribution in [3.05, 3.63) is 51.0 Å². The third-order valence-corrected chi connectivity index (χ3v) is 3.58. The standard InChI is InChI=1S/C16H18N2O6/c1-8(17-14(19)13-9(2)24-18-15(13)20)10-5-6-12(22-3)11(7-10)16(21)23-4/h5-8H,1-4H3,(H,17,19)(H,18,20)/t8-/m0/s1. The van der Waals surface area contributed by atoms with E-state index < -0.39 is 23.5 Å². The van der Waals surface area contributed by atoms with Crippen molar-refractivity contribution in [2.24, 2.45) is 0 Å². The van der Waals surface area contributed by atoms with Crippen molar-refractivity contribution in [3.8, 4) is 5.75 Å². The van der Waals surface area contributed by atoms with E-state index >= 15 is 0 Å². The van der Waals surface area contributed by atoms with Crippen LogP contribution < -0.4 is 15.6 Å². The lowest BCUT2D eigenvalue weighted by atomic mass is 10.0. The summed E-state index contributed by atoms with van der Waals surface area (Å²) in [6.45, 7) is 3.24. The van der Waals surface area contributed by atoms with Crippen LogP contribution in [0.4, 0.5) is 0 Å². The van der Waals surface area contributed by atoms with Gasteiger partial charge < -0.3 is 19.3 Å². The zero-order chi connectivity index (χ0) is 17.9. The third kappa shape index (κ3) is 3.32. The van der Waals surface area contributed by atoms with E-state index in [4.69, 9.17) is 14.0 Å². The quantitative estimate of drug-likeness (QED) is 0.803. The summed E-state index contributed by atoms with van der Waals surface area (Å²) in [5.74, 6) is -0.541. The Balaban J connectivity index is 2.27. The minimum Gasteiger partial charge on any atom is -0.496 e. The normalized spacial score (nSPS) is 11.7. The van der Waals surface area contributed by atoms with E-state index in [-0.39, 0.29) is 16.9 Å². The van der Waals surface area contributed by atoms with Crippen molar-refractivity contribution in [2.45, 2.75) is 19.9 Å². The minimum absolute atomic E-state index is 0.0800. The van der Waals surface area contributed by atoms with Crippen molar-refractivity contribution in [1.82, 2.24) is 10.5 Å². The number of carbonyl (C=O) groups is 2. The lowest BCUT2D eigenvalue weighted by molar-refractivity contribution is 0.0597. The van der Waals surface area contributed by atoms with Gasteiger partial charge in [-0.25, -0.2) is 4.79 Å². The van der Waals surface area contributed by atoms with Gasteiger partial charge in [-0.2, -0.15) is 5.16 Å². The first kappa shape index (κ1) is 17.3. The minimum atomic E-state index is -0.595. The predicted molar refractivity (Wildman–Crippen MR) is 84.3 cm³/mol. The summed E-state index contributed by atoms with van der Waals surface area (Å²) in [5.41, 5.74) is 0.226. The second-order valence-corrected chi connectivity index (χ2v) is 5.11. The lowest BCUT2D eigenvalue weighted by Crippen LogP contribution is -2.30. The molecule has 1 heterocycles. The molecule has 0 saturated carbocycles. The fraction of sp³-hybridized carbons (Fsp3) is 0.312. The molecule has 2 N–H and O–H groups in total. The van der Waals surface area contributed by atoms with E-state index in [2.05, 4.69) is 10.5 Å². The maximum absolute atomic E-state index is 12.2. The smallest absolute Gasteiger partial charge is 0.341 e. The summed E-state index contributed by atoms with van der Waals surface area (Å²) in [7, 11) is 2.72. The van der Waals surface area contributed by atoms with E-state index in [0.717, 1.165) is 0 Å². The summed E-state index contributed by atoms with van der Waals surface area (Å²) in [6.07, 6.45) is 0. The van der Waals surface area contributed by atoms with Crippen LogP contribution in [-0.2, 0) is 4.74 Å². The Kier molecular flexibility index (Phi) is 5.08. The number of aryl methyl sites for hydroxylation is 1. The topological polar surface area (TPSA) is 111 Å². The molecule has 0 radical (unpaired) electrons. The van der Waals surface area contributed by atoms with Crippen LogP contribution in [0.25, 0.3) is 0 Å². The van der Waals surface area contributed by atoms with Crippen LogP contribution >= 0.6 is 0 Å². The highest BCUT2D eigenvalue weighted by molar-refractivity contribution is 5.95. The van der Waals surface area contributed by atoms with Crippen LogP contribution in [-0.4, -0.2) is 31.3 Å². The van der Waals surface area contributed by atoms with Gasteiger partial charge in [0.05, 0.1) is 20.3 Å². The second kappa shape index (κ2) is 7.03. The fourth-order valence-electron chi connectivity index (χ4n) is 2.26. The highest BCUT2D eigenvalue weighted by Crippen LogP contribution is 2.24. The number of esters is 1. The molecule has 24 heavy (non-hydrogen) atoms. The van der Waals surface area contributed by atoms with Crippen molar-refractivity contribution < 1.29 is 23.6 Å². The molecule has 0 spiro atoms. The van der Waals surface area contributed by atoms with Gasteiger partial charge in [0.15, 0.2) is 0 Å². The summed E-state index contributed by atoms with van der Waals surface area (Å²) < 4.78 is 14.7. The number of aromatic amines is 1. The largest absolute Gasteiger partial charge is 0.496 e. The monoisotopic (exact) mass is 334 g/mol. The zero-order valence-electron chi connectivity index (χ0n) is 13.8. The second-order valence-electron chi connectivity index (χ2n) is 5.11. The zero-order valence-corrected chi connectivity index (χ0v) is 13.8. The molecule has 1 atom stereocenters. The van der Waals surface area contributed by atoms with Crippen LogP contribution in [0.5, 0.6) is 5.75 Å². The number of methoxy groups -OCH3 is 2. The van der Waals surface area contributed by atoms with E-state index in [1.807, 2.05) is 0 Å². The Hall–Kier alpha value is -3.03. The number of carbonyl (C=O) groups excluding carboxylic acids is 2. The average molecular weight is 334 g/mol. The number of H-pyrrole nitrogens is 1. The highest BCUT2D eigenvalue weighted by atomic mass is 16.5. The van der Waals surface area contributed by atoms with E-state index in [9.17, 15) is 14.4 Å². The van der Waals surface area contributed by atoms with Crippen LogP contribution in [0.1, 0.15) is 45.0 Å². The Labute approximate surface area is 137 Å². The van der Waals surface area contributed by atoms with Crippen LogP contribution in [0.2, 0.25) is 0 Å². The molecule has 128 valence electrons. The number of ether oxygens (including phenoxy) is 2. The van der Waals surface area contributed by atoms with Gasteiger partial charge in [0.25, 0.3) is 11.5 Å². The van der Waals surface area contributed by atoms with Crippen molar-refractivity contribution in [3.63, 3.8) is 0 Å². The Morgan fingerprint density at radius 1 is 1.29 bits per heavy atom. The SMILES string of the molecule is COC(=O)c1cc([C@H](C)NC(=O)c2c(C)o[nH]c2=O)ccc1OC. The molecule has 0 bridgehead atoms. The molecule has 0 aliphatic heterocycles. The van der Waals surface area contributed by atoms with E-state index in [1.54, 1.807) is 25.1 Å². The fourth-order valence-corrected chi connectivity index (χ4v) is 2.26. The highest BCUT2D eigenvalue weighted by Gasteiger charge is 2.21. The first-order valence-electron chi connectivity index (χ1n) is 7.14. The van der Waals surface area contributed by atoms with Crippen LogP contribution in [0.3, 0.4) is 0 Å². The van der Waals surface area contributed by atoms with Gasteiger partial charge in [0.2, 0.25) is 0 Å². The van der Waals surface area contributed by atoms with Crippen molar-refractivity contribution in [2.75, 3.05) is 14.2 Å². The summed E-state index contributed by atoms with van der Waals surface area (Å²) in [6, 6.07) is 4.44. The molecule has 1 amide bonds. The van der Waals surface area contributed by atoms with Crippen molar-refractivity contribution >= 4 is 11.9 Å². The lowest BCUT2D eigenvalue weighted by Gasteiger charge is -2.16. The Morgan fingerprint density at radius 3 is 2.54 bits per heavy atom. The van der Waals surface area contributed by atoms with Crippen molar-refractivity contribution in [1.29, 1.82) is 0 Å². The van der Waals surface area contributed by atoms with Crippen LogP contribution in [0.15, 0.2) is 27.5 Å². The number of hydrogen-bond donors (Lipinski definition) is 2. The number of rotatable bonds is 5. The van der Waals surface area contributed by atoms with Gasteiger partial charge in [-0.1, -0.05) is 6.07 Å². The molecule has 0 unspecified atom stereocenters. The summed E-state index contributed by atoms with van der Waals surface area (Å²) in [5, 5.41) is 4.80. The van der Waals surface area contributed by atoms with Gasteiger partial charge in [-0.15, -0.1) is 0 Å². The van der Waals surface area contributed by atoms with Gasteiger partial charge in [0, 0.05) is 0 Å². The van der Waals surface area contributed by atoms with Gasteiger partial charge >= 0.3 is 5.97 Å². The van der Waals surface area contributed by atoms with Gasteiger partial charge in [-0.3, -0.25) is 9.59 Å². The molecular formula is C16H18N2O6. The van der Waals surface area contributed by atoms with Gasteiger partial charge in [0.1, 0.15) is 22.6 Å². The van der Waals surface area contributed by atoms with E-state index in [0.29, 0.717) is 11.3 Å². The molecule has 0 aliphatic rings. The number of amides is 1. The maximum Gasteiger partial charge on any atom is 0.341 e. The number of aromatic nitrogens is 1. The molecule has 0 fully saturated rings. The molecule has 1 aromatic heterocycles. The van der Waals surface area contributed by atoms with Crippen LogP contribution in [0, 0.1) is 6.92 Å². The molecule has 8 heteroatoms. The Bertz CT molecular complexity index is 820. The first-order valence-corrected chi connectivity index (χ1v) is 7.14. The van der Waals surface area contributed by atoms with Gasteiger partial charge in [-0.05, 0) is 31.5 Å².